The Labute approximate surface area is 147 Å². The van der Waals surface area contributed by atoms with Gasteiger partial charge in [-0.15, -0.1) is 0 Å². The van der Waals surface area contributed by atoms with E-state index in [1.54, 1.807) is 36.0 Å². The molecule has 26 heavy (non-hydrogen) atoms. The molecule has 0 radical (unpaired) electrons. The predicted octanol–water partition coefficient (Wildman–Crippen LogP) is 1.90. The first-order chi connectivity index (χ1) is 12.7. The summed E-state index contributed by atoms with van der Waals surface area (Å²) in [6.45, 7) is 1.94. The van der Waals surface area contributed by atoms with Gasteiger partial charge in [-0.25, -0.2) is 19.5 Å². The summed E-state index contributed by atoms with van der Waals surface area (Å²) in [6.07, 6.45) is 3.33. The fraction of sp³-hybridized carbons (Fsp3) is 0.125. The molecule has 0 amide bonds. The molecule has 0 atom stereocenters. The van der Waals surface area contributed by atoms with Crippen molar-refractivity contribution in [3.05, 3.63) is 42.5 Å². The van der Waals surface area contributed by atoms with Crippen LogP contribution in [0, 0.1) is 18.3 Å². The van der Waals surface area contributed by atoms with E-state index in [0.29, 0.717) is 40.3 Å². The number of hydrogen-bond acceptors (Lipinski definition) is 8. The number of aromatic amines is 1. The fourth-order valence-corrected chi connectivity index (χ4v) is 2.57. The lowest BCUT2D eigenvalue weighted by Gasteiger charge is -2.08. The van der Waals surface area contributed by atoms with Crippen LogP contribution in [-0.4, -0.2) is 41.3 Å². The summed E-state index contributed by atoms with van der Waals surface area (Å²) in [7, 11) is 0. The van der Waals surface area contributed by atoms with E-state index in [9.17, 15) is 0 Å². The van der Waals surface area contributed by atoms with Crippen LogP contribution in [0.1, 0.15) is 5.82 Å². The first kappa shape index (κ1) is 15.5. The lowest BCUT2D eigenvalue weighted by Crippen LogP contribution is -2.05. The summed E-state index contributed by atoms with van der Waals surface area (Å²) < 4.78 is 1.70. The van der Waals surface area contributed by atoms with Crippen LogP contribution < -0.4 is 10.6 Å². The second kappa shape index (κ2) is 6.48. The van der Waals surface area contributed by atoms with Gasteiger partial charge in [0.05, 0.1) is 18.0 Å². The largest absolute Gasteiger partial charge is 0.357 e. The molecule has 3 N–H and O–H groups in total. The van der Waals surface area contributed by atoms with Crippen molar-refractivity contribution in [2.75, 3.05) is 17.2 Å². The van der Waals surface area contributed by atoms with Gasteiger partial charge in [-0.05, 0) is 19.1 Å². The zero-order valence-corrected chi connectivity index (χ0v) is 13.8. The molecule has 0 unspecified atom stereocenters. The summed E-state index contributed by atoms with van der Waals surface area (Å²) in [5.41, 5.74) is 1.99. The normalized spacial score (nSPS) is 10.6. The Balaban J connectivity index is 1.87. The van der Waals surface area contributed by atoms with Crippen LogP contribution in [-0.2, 0) is 0 Å². The van der Waals surface area contributed by atoms with Crippen LogP contribution in [0.2, 0.25) is 0 Å². The van der Waals surface area contributed by atoms with Crippen LogP contribution in [0.4, 0.5) is 17.5 Å². The Morgan fingerprint density at radius 1 is 1.23 bits per heavy atom. The zero-order valence-electron chi connectivity index (χ0n) is 13.8. The van der Waals surface area contributed by atoms with E-state index in [-0.39, 0.29) is 6.54 Å². The van der Waals surface area contributed by atoms with Gasteiger partial charge >= 0.3 is 0 Å². The van der Waals surface area contributed by atoms with Crippen LogP contribution in [0.15, 0.2) is 36.7 Å². The number of fused-ring (bicyclic) bond motifs is 1. The Bertz CT molecular complexity index is 1090. The topological polar surface area (TPSA) is 132 Å². The maximum absolute atomic E-state index is 8.78. The molecule has 4 rings (SSSR count). The van der Waals surface area contributed by atoms with E-state index in [1.807, 2.05) is 18.2 Å². The van der Waals surface area contributed by atoms with Crippen molar-refractivity contribution in [2.45, 2.75) is 6.92 Å². The van der Waals surface area contributed by atoms with Crippen molar-refractivity contribution in [1.29, 1.82) is 5.26 Å². The second-order valence-corrected chi connectivity index (χ2v) is 5.40. The van der Waals surface area contributed by atoms with Crippen molar-refractivity contribution in [2.24, 2.45) is 0 Å². The Morgan fingerprint density at radius 3 is 2.96 bits per heavy atom. The third kappa shape index (κ3) is 2.89. The molecule has 0 aliphatic rings. The monoisotopic (exact) mass is 346 g/mol. The van der Waals surface area contributed by atoms with Gasteiger partial charge in [-0.3, -0.25) is 5.10 Å². The first-order valence-corrected chi connectivity index (χ1v) is 7.81. The summed E-state index contributed by atoms with van der Waals surface area (Å²) in [5.74, 6) is 2.41. The molecule has 0 bridgehead atoms. The van der Waals surface area contributed by atoms with Crippen molar-refractivity contribution in [3.63, 3.8) is 0 Å². The second-order valence-electron chi connectivity index (χ2n) is 5.40. The van der Waals surface area contributed by atoms with Gasteiger partial charge in [0.2, 0.25) is 0 Å². The van der Waals surface area contributed by atoms with E-state index in [2.05, 4.69) is 40.9 Å². The van der Waals surface area contributed by atoms with Crippen LogP contribution in [0.3, 0.4) is 0 Å². The Morgan fingerprint density at radius 2 is 2.15 bits per heavy atom. The van der Waals surface area contributed by atoms with Crippen molar-refractivity contribution in [3.8, 4) is 17.5 Å². The summed E-state index contributed by atoms with van der Waals surface area (Å²) >= 11 is 0. The van der Waals surface area contributed by atoms with Crippen LogP contribution in [0.5, 0.6) is 0 Å². The lowest BCUT2D eigenvalue weighted by atomic mass is 10.2. The van der Waals surface area contributed by atoms with Gasteiger partial charge in [0, 0.05) is 18.3 Å². The number of nitrogens with one attached hydrogen (secondary N) is 3. The molecule has 0 fully saturated rings. The van der Waals surface area contributed by atoms with E-state index >= 15 is 0 Å². The van der Waals surface area contributed by atoms with Crippen LogP contribution >= 0.6 is 0 Å². The Hall–Kier alpha value is -4.00. The number of rotatable bonds is 5. The fourth-order valence-electron chi connectivity index (χ4n) is 2.57. The highest BCUT2D eigenvalue weighted by Gasteiger charge is 2.18. The van der Waals surface area contributed by atoms with E-state index in [0.717, 1.165) is 0 Å². The molecular weight excluding hydrogens is 332 g/mol. The number of aryl methyl sites for hydroxylation is 1. The van der Waals surface area contributed by atoms with E-state index in [4.69, 9.17) is 5.26 Å². The molecule has 4 heterocycles. The number of H-pyrrole nitrogens is 1. The maximum Gasteiger partial charge on any atom is 0.162 e. The van der Waals surface area contributed by atoms with Crippen molar-refractivity contribution >= 4 is 23.1 Å². The van der Waals surface area contributed by atoms with E-state index in [1.165, 1.54) is 0 Å². The van der Waals surface area contributed by atoms with E-state index < -0.39 is 0 Å². The van der Waals surface area contributed by atoms with Gasteiger partial charge in [0.25, 0.3) is 0 Å². The third-order valence-electron chi connectivity index (χ3n) is 3.58. The highest BCUT2D eigenvalue weighted by atomic mass is 15.3. The summed E-state index contributed by atoms with van der Waals surface area (Å²) in [6, 6.07) is 9.27. The van der Waals surface area contributed by atoms with Crippen molar-refractivity contribution in [1.82, 2.24) is 34.8 Å². The number of hydrogen-bond donors (Lipinski definition) is 3. The van der Waals surface area contributed by atoms with Crippen LogP contribution in [0.25, 0.3) is 17.0 Å². The van der Waals surface area contributed by atoms with Gasteiger partial charge in [-0.1, -0.05) is 0 Å². The number of aromatic nitrogens is 7. The minimum Gasteiger partial charge on any atom is -0.357 e. The highest BCUT2D eigenvalue weighted by molar-refractivity contribution is 5.77. The van der Waals surface area contributed by atoms with Crippen molar-refractivity contribution < 1.29 is 0 Å². The molecular formula is C16H14N10. The number of imidazole rings is 1. The number of nitrogens with zero attached hydrogens (tertiary/aromatic N) is 7. The quantitative estimate of drug-likeness (QED) is 0.467. The Kier molecular flexibility index (Phi) is 3.87. The number of anilines is 3. The molecule has 0 saturated heterocycles. The molecule has 0 spiro atoms. The SMILES string of the molecule is Cc1nc(NCC#N)cc(-c2c(Nc3ccn[nH]3)nc3cccnn23)n1. The minimum absolute atomic E-state index is 0.153. The van der Waals surface area contributed by atoms with Gasteiger partial charge in [-0.2, -0.15) is 15.5 Å². The predicted molar refractivity (Wildman–Crippen MR) is 94.7 cm³/mol. The highest BCUT2D eigenvalue weighted by Crippen LogP contribution is 2.30. The molecule has 4 aromatic heterocycles. The molecule has 10 nitrogen and oxygen atoms in total. The standard InChI is InChI=1S/C16H14N10/c1-10-21-11(9-13(22-10)18-8-5-17)15-16(23-12-4-7-19-25-12)24-14-3-2-6-20-26(14)15/h2-4,6-7,9H,8H2,1H3,(H,18,21,22)(H2,19,23,25). The first-order valence-electron chi connectivity index (χ1n) is 7.81. The summed E-state index contributed by atoms with van der Waals surface area (Å²) in [5, 5.41) is 26.1. The summed E-state index contributed by atoms with van der Waals surface area (Å²) in [4.78, 5) is 13.4. The molecule has 10 heteroatoms. The molecule has 4 aromatic rings. The molecule has 0 aliphatic heterocycles. The van der Waals surface area contributed by atoms with Gasteiger partial charge in [0.15, 0.2) is 11.5 Å². The molecule has 0 aromatic carbocycles. The molecule has 0 aliphatic carbocycles. The zero-order chi connectivity index (χ0) is 17.9. The lowest BCUT2D eigenvalue weighted by molar-refractivity contribution is 0.932. The average molecular weight is 346 g/mol. The van der Waals surface area contributed by atoms with Gasteiger partial charge < -0.3 is 10.6 Å². The smallest absolute Gasteiger partial charge is 0.162 e. The maximum atomic E-state index is 8.78. The number of nitriles is 1. The molecule has 0 saturated carbocycles. The average Bonchev–Trinajstić information content (AvgIpc) is 3.27. The minimum atomic E-state index is 0.153. The third-order valence-corrected chi connectivity index (χ3v) is 3.58. The van der Waals surface area contributed by atoms with Gasteiger partial charge in [0.1, 0.15) is 29.7 Å². The molecule has 128 valence electrons.